The lowest BCUT2D eigenvalue weighted by Crippen LogP contribution is -1.59. The van der Waals surface area contributed by atoms with Gasteiger partial charge >= 0.3 is 0 Å². The van der Waals surface area contributed by atoms with E-state index in [1.165, 1.54) is 0 Å². The summed E-state index contributed by atoms with van der Waals surface area (Å²) in [5, 5.41) is 2.68. The third kappa shape index (κ3) is 0.281. The van der Waals surface area contributed by atoms with Crippen molar-refractivity contribution in [1.29, 1.82) is 0 Å². The smallest absolute Gasteiger partial charge is 0.147 e. The van der Waals surface area contributed by atoms with Crippen molar-refractivity contribution >= 4 is 5.94 Å². The Labute approximate surface area is 29.5 Å². The van der Waals surface area contributed by atoms with Gasteiger partial charge in [-0.1, -0.05) is 0 Å². The molecule has 1 aliphatic heterocycles. The van der Waals surface area contributed by atoms with Crippen molar-refractivity contribution in [3.63, 3.8) is 0 Å². The largest absolute Gasteiger partial charge is 0.372 e. The topological polar surface area (TPSA) is 39.0 Å². The molecule has 1 heterocycles. The molecule has 1 aliphatic rings. The molecule has 0 aromatic carbocycles. The van der Waals surface area contributed by atoms with Gasteiger partial charge in [-0.2, -0.15) is 0 Å². The van der Waals surface area contributed by atoms with Crippen molar-refractivity contribution in [3.8, 4) is 0 Å². The molecule has 0 radical (unpaired) electrons. The second kappa shape index (κ2) is 0.597. The van der Waals surface area contributed by atoms with Crippen molar-refractivity contribution in [2.75, 3.05) is 6.54 Å². The van der Waals surface area contributed by atoms with Crippen LogP contribution in [0.5, 0.6) is 0 Å². The summed E-state index contributed by atoms with van der Waals surface area (Å²) < 4.78 is 0. The van der Waals surface area contributed by atoms with Crippen LogP contribution in [0.1, 0.15) is 0 Å². The molecule has 0 aromatic heterocycles. The molecule has 1 N–H and O–H groups in total. The summed E-state index contributed by atoms with van der Waals surface area (Å²) in [7, 11) is 0. The van der Waals surface area contributed by atoms with Crippen LogP contribution in [-0.2, 0) is 4.79 Å². The van der Waals surface area contributed by atoms with Crippen LogP contribution in [0.2, 0.25) is 0 Å². The Morgan fingerprint density at radius 3 is 2.60 bits per heavy atom. The highest BCUT2D eigenvalue weighted by Crippen LogP contribution is 1.90. The molecule has 1 rings (SSSR count). The van der Waals surface area contributed by atoms with Gasteiger partial charge in [-0.3, -0.25) is 0 Å². The Bertz CT molecular complexity index is 85.1. The van der Waals surface area contributed by atoms with Crippen LogP contribution in [0.25, 0.3) is 0 Å². The number of carbonyl (C=O) groups excluding carboxylic acids is 1. The van der Waals surface area contributed by atoms with E-state index in [1.54, 1.807) is 5.94 Å². The zero-order chi connectivity index (χ0) is 3.70. The third-order valence-corrected chi connectivity index (χ3v) is 0.477. The fraction of sp³-hybridized carbons (Fsp3) is 0.333. The molecule has 0 amide bonds. The Morgan fingerprint density at radius 2 is 2.60 bits per heavy atom. The zero-order valence-corrected chi connectivity index (χ0v) is 2.62. The lowest BCUT2D eigenvalue weighted by atomic mass is 10.8. The Kier molecular flexibility index (Phi) is 0.297. The van der Waals surface area contributed by atoms with E-state index >= 15 is 0 Å². The number of nitrogens with one attached hydrogen (secondary N) is 1. The molecular weight excluding hydrogens is 66.0 g/mol. The molecule has 0 aliphatic carbocycles. The summed E-state index contributed by atoms with van der Waals surface area (Å²) in [5.41, 5.74) is 0.699. The molecule has 2 nitrogen and oxygen atoms in total. The van der Waals surface area contributed by atoms with Crippen LogP contribution >= 0.6 is 0 Å². The summed E-state index contributed by atoms with van der Waals surface area (Å²) in [6, 6.07) is 0. The minimum absolute atomic E-state index is 0.699. The van der Waals surface area contributed by atoms with Gasteiger partial charge in [0.2, 0.25) is 0 Å². The summed E-state index contributed by atoms with van der Waals surface area (Å²) in [6.45, 7) is 0.753. The number of hydrogen-bond acceptors (Lipinski definition) is 2. The summed E-state index contributed by atoms with van der Waals surface area (Å²) >= 11 is 0. The SMILES string of the molecule is O=C=C1CN1. The fourth-order valence-corrected chi connectivity index (χ4v) is 0.116. The van der Waals surface area contributed by atoms with E-state index in [2.05, 4.69) is 5.32 Å². The molecule has 0 unspecified atom stereocenters. The molecule has 0 atom stereocenters. The highest BCUT2D eigenvalue weighted by Gasteiger charge is 2.07. The van der Waals surface area contributed by atoms with Crippen molar-refractivity contribution < 1.29 is 4.79 Å². The first kappa shape index (κ1) is 2.49. The first-order valence-corrected chi connectivity index (χ1v) is 1.41. The molecule has 1 saturated heterocycles. The van der Waals surface area contributed by atoms with Crippen LogP contribution < -0.4 is 5.32 Å². The second-order valence-electron chi connectivity index (χ2n) is 0.934. The number of hydrogen-bond donors (Lipinski definition) is 1. The summed E-state index contributed by atoms with van der Waals surface area (Å²) in [4.78, 5) is 9.34. The van der Waals surface area contributed by atoms with Gasteiger partial charge in [0.25, 0.3) is 0 Å². The van der Waals surface area contributed by atoms with Gasteiger partial charge in [0.05, 0.1) is 6.54 Å². The average Bonchev–Trinajstić information content (AvgIpc) is 2.12. The minimum atomic E-state index is 0.699. The Balaban J connectivity index is 2.80. The first-order valence-electron chi connectivity index (χ1n) is 1.41. The van der Waals surface area contributed by atoms with E-state index in [-0.39, 0.29) is 0 Å². The van der Waals surface area contributed by atoms with Crippen LogP contribution in [0.3, 0.4) is 0 Å². The monoisotopic (exact) mass is 69.0 g/mol. The highest BCUT2D eigenvalue weighted by atomic mass is 16.1. The second-order valence-corrected chi connectivity index (χ2v) is 0.934. The van der Waals surface area contributed by atoms with E-state index < -0.39 is 0 Å². The molecule has 0 aromatic rings. The van der Waals surface area contributed by atoms with Crippen molar-refractivity contribution in [2.24, 2.45) is 0 Å². The molecule has 5 heavy (non-hydrogen) atoms. The van der Waals surface area contributed by atoms with E-state index in [4.69, 9.17) is 0 Å². The lowest BCUT2D eigenvalue weighted by molar-refractivity contribution is 0.568. The van der Waals surface area contributed by atoms with E-state index in [0.29, 0.717) is 5.70 Å². The normalized spacial score (nSPS) is 16.4. The molecule has 1 fully saturated rings. The van der Waals surface area contributed by atoms with Crippen LogP contribution in [0.4, 0.5) is 0 Å². The van der Waals surface area contributed by atoms with Gasteiger partial charge in [-0.05, 0) is 0 Å². The molecule has 0 spiro atoms. The predicted octanol–water partition coefficient (Wildman–Crippen LogP) is -0.695. The van der Waals surface area contributed by atoms with Gasteiger partial charge in [-0.25, -0.2) is 4.79 Å². The summed E-state index contributed by atoms with van der Waals surface area (Å²) in [6.07, 6.45) is 0. The zero-order valence-electron chi connectivity index (χ0n) is 2.62. The predicted molar refractivity (Wildman–Crippen MR) is 17.2 cm³/mol. The quantitative estimate of drug-likeness (QED) is 0.302. The first-order chi connectivity index (χ1) is 2.43. The standard InChI is InChI=1S/C3H3NO/c5-2-3-1-4-3/h4H,1H2. The summed E-state index contributed by atoms with van der Waals surface area (Å²) in [5.74, 6) is 1.69. The maximum absolute atomic E-state index is 9.34. The third-order valence-electron chi connectivity index (χ3n) is 0.477. The molecular formula is C3H3NO. The maximum atomic E-state index is 9.34. The van der Waals surface area contributed by atoms with Gasteiger partial charge in [-0.15, -0.1) is 0 Å². The van der Waals surface area contributed by atoms with Gasteiger partial charge in [0, 0.05) is 0 Å². The van der Waals surface area contributed by atoms with Crippen molar-refractivity contribution in [3.05, 3.63) is 5.70 Å². The van der Waals surface area contributed by atoms with Gasteiger partial charge < -0.3 is 5.32 Å². The highest BCUT2D eigenvalue weighted by molar-refractivity contribution is 5.57. The van der Waals surface area contributed by atoms with Crippen molar-refractivity contribution in [2.45, 2.75) is 0 Å². The van der Waals surface area contributed by atoms with Gasteiger partial charge in [0.15, 0.2) is 0 Å². The lowest BCUT2D eigenvalue weighted by Gasteiger charge is -1.36. The van der Waals surface area contributed by atoms with Crippen LogP contribution in [0.15, 0.2) is 5.70 Å². The molecule has 0 saturated carbocycles. The molecule has 2 heteroatoms. The van der Waals surface area contributed by atoms with E-state index in [0.717, 1.165) is 6.54 Å². The molecule has 26 valence electrons. The van der Waals surface area contributed by atoms with Crippen molar-refractivity contribution in [1.82, 2.24) is 5.32 Å². The fourth-order valence-electron chi connectivity index (χ4n) is 0.116. The van der Waals surface area contributed by atoms with E-state index in [9.17, 15) is 4.79 Å². The van der Waals surface area contributed by atoms with Crippen LogP contribution in [0, 0.1) is 0 Å². The minimum Gasteiger partial charge on any atom is -0.372 e. The van der Waals surface area contributed by atoms with E-state index in [1.807, 2.05) is 0 Å². The van der Waals surface area contributed by atoms with Gasteiger partial charge in [0.1, 0.15) is 11.6 Å². The average molecular weight is 69.1 g/mol. The maximum Gasteiger partial charge on any atom is 0.147 e. The Hall–Kier alpha value is -0.750. The molecule has 0 bridgehead atoms. The Morgan fingerprint density at radius 1 is 2.00 bits per heavy atom. The number of rotatable bonds is 0. The van der Waals surface area contributed by atoms with Crippen LogP contribution in [-0.4, -0.2) is 12.5 Å².